The number of nitrogens with zero attached hydrogens (tertiary/aromatic N) is 2. The molecule has 2 aromatic rings. The minimum atomic E-state index is 0.521. The Labute approximate surface area is 122 Å². The zero-order chi connectivity index (χ0) is 13.8. The summed E-state index contributed by atoms with van der Waals surface area (Å²) in [4.78, 5) is 5.25. The van der Waals surface area contributed by atoms with Gasteiger partial charge in [-0.3, -0.25) is 5.10 Å². The molecule has 4 N–H and O–H groups in total. The lowest BCUT2D eigenvalue weighted by atomic mass is 10.0. The number of hydrogen-bond acceptors (Lipinski definition) is 5. The van der Waals surface area contributed by atoms with Crippen LogP contribution in [0.15, 0.2) is 40.6 Å². The third-order valence-electron chi connectivity index (χ3n) is 3.78. The number of aromatic amines is 1. The van der Waals surface area contributed by atoms with Gasteiger partial charge < -0.3 is 11.1 Å². The quantitative estimate of drug-likeness (QED) is 0.788. The van der Waals surface area contributed by atoms with Crippen LogP contribution in [0.5, 0.6) is 0 Å². The number of nitrogens with one attached hydrogen (secondary N) is 2. The van der Waals surface area contributed by atoms with Gasteiger partial charge in [0, 0.05) is 16.6 Å². The van der Waals surface area contributed by atoms with Crippen LogP contribution in [0.4, 0.5) is 5.69 Å². The molecular weight excluding hydrogens is 270 g/mol. The highest BCUT2D eigenvalue weighted by atomic mass is 32.2. The lowest BCUT2D eigenvalue weighted by Crippen LogP contribution is -2.29. The maximum absolute atomic E-state index is 5.82. The number of hydrogen-bond donors (Lipinski definition) is 3. The van der Waals surface area contributed by atoms with Crippen molar-refractivity contribution in [2.75, 3.05) is 11.9 Å². The number of nitrogens with two attached hydrogens (primary N) is 1. The third-order valence-corrected chi connectivity index (χ3v) is 4.67. The van der Waals surface area contributed by atoms with E-state index in [9.17, 15) is 0 Å². The molecule has 0 bridgehead atoms. The molecule has 0 aliphatic heterocycles. The van der Waals surface area contributed by atoms with Crippen molar-refractivity contribution in [3.05, 3.63) is 30.6 Å². The zero-order valence-electron chi connectivity index (χ0n) is 11.2. The first-order chi connectivity index (χ1) is 9.85. The van der Waals surface area contributed by atoms with Gasteiger partial charge in [0.25, 0.3) is 0 Å². The molecule has 6 heteroatoms. The third kappa shape index (κ3) is 3.13. The summed E-state index contributed by atoms with van der Waals surface area (Å²) in [6, 6.07) is 8.95. The van der Waals surface area contributed by atoms with Crippen LogP contribution in [-0.4, -0.2) is 27.8 Å². The average molecular weight is 289 g/mol. The predicted octanol–water partition coefficient (Wildman–Crippen LogP) is 2.50. The summed E-state index contributed by atoms with van der Waals surface area (Å²) in [5.41, 5.74) is 6.98. The Balaban J connectivity index is 1.61. The Morgan fingerprint density at radius 2 is 2.15 bits per heavy atom. The summed E-state index contributed by atoms with van der Waals surface area (Å²) in [6.45, 7) is 0.775. The topological polar surface area (TPSA) is 79.6 Å². The molecule has 1 heterocycles. The summed E-state index contributed by atoms with van der Waals surface area (Å²) in [5, 5.41) is 11.1. The van der Waals surface area contributed by atoms with Gasteiger partial charge in [-0.05, 0) is 49.6 Å². The van der Waals surface area contributed by atoms with Crippen molar-refractivity contribution in [2.24, 2.45) is 11.7 Å². The molecule has 2 unspecified atom stereocenters. The van der Waals surface area contributed by atoms with Crippen molar-refractivity contribution in [2.45, 2.75) is 35.4 Å². The second-order valence-electron chi connectivity index (χ2n) is 5.09. The van der Waals surface area contributed by atoms with Crippen LogP contribution in [0.2, 0.25) is 0 Å². The van der Waals surface area contributed by atoms with Crippen LogP contribution in [0.3, 0.4) is 0 Å². The number of anilines is 1. The fraction of sp³-hybridized carbons (Fsp3) is 0.429. The van der Waals surface area contributed by atoms with E-state index in [0.29, 0.717) is 12.0 Å². The van der Waals surface area contributed by atoms with Gasteiger partial charge in [-0.25, -0.2) is 4.98 Å². The predicted molar refractivity (Wildman–Crippen MR) is 80.8 cm³/mol. The van der Waals surface area contributed by atoms with E-state index in [2.05, 4.69) is 44.8 Å². The average Bonchev–Trinajstić information content (AvgIpc) is 3.12. The molecule has 1 aromatic carbocycles. The van der Waals surface area contributed by atoms with Crippen molar-refractivity contribution >= 4 is 17.4 Å². The standard InChI is InChI=1S/C14H19N5S/c15-8-10-2-1-3-13(10)18-11-4-6-12(7-5-11)20-14-16-9-17-19-14/h4-7,9-10,13,18H,1-3,8,15H2,(H,16,17,19). The molecule has 1 saturated carbocycles. The Bertz CT molecular complexity index is 525. The van der Waals surface area contributed by atoms with Crippen LogP contribution in [0.1, 0.15) is 19.3 Å². The molecule has 1 aromatic heterocycles. The highest BCUT2D eigenvalue weighted by molar-refractivity contribution is 7.99. The second kappa shape index (κ2) is 6.28. The van der Waals surface area contributed by atoms with Crippen molar-refractivity contribution in [1.82, 2.24) is 15.2 Å². The summed E-state index contributed by atoms with van der Waals surface area (Å²) >= 11 is 1.57. The molecule has 1 aliphatic rings. The molecule has 3 rings (SSSR count). The number of rotatable bonds is 5. The highest BCUT2D eigenvalue weighted by Gasteiger charge is 2.25. The van der Waals surface area contributed by atoms with E-state index < -0.39 is 0 Å². The number of aromatic nitrogens is 3. The van der Waals surface area contributed by atoms with Crippen molar-refractivity contribution in [1.29, 1.82) is 0 Å². The summed E-state index contributed by atoms with van der Waals surface area (Å²) in [5.74, 6) is 0.609. The van der Waals surface area contributed by atoms with Gasteiger partial charge in [0.15, 0.2) is 5.16 Å². The molecule has 106 valence electrons. The Kier molecular flexibility index (Phi) is 4.22. The second-order valence-corrected chi connectivity index (χ2v) is 6.16. The van der Waals surface area contributed by atoms with E-state index in [4.69, 9.17) is 5.73 Å². The fourth-order valence-corrected chi connectivity index (χ4v) is 3.39. The minimum Gasteiger partial charge on any atom is -0.382 e. The maximum atomic E-state index is 5.82. The van der Waals surface area contributed by atoms with Crippen LogP contribution < -0.4 is 11.1 Å². The summed E-state index contributed by atoms with van der Waals surface area (Å²) < 4.78 is 0. The molecule has 2 atom stereocenters. The molecule has 5 nitrogen and oxygen atoms in total. The van der Waals surface area contributed by atoms with Crippen molar-refractivity contribution in [3.8, 4) is 0 Å². The van der Waals surface area contributed by atoms with E-state index in [0.717, 1.165) is 22.3 Å². The van der Waals surface area contributed by atoms with E-state index in [1.807, 2.05) is 0 Å². The first-order valence-electron chi connectivity index (χ1n) is 6.95. The lowest BCUT2D eigenvalue weighted by molar-refractivity contribution is 0.516. The largest absolute Gasteiger partial charge is 0.382 e. The molecule has 0 spiro atoms. The van der Waals surface area contributed by atoms with Crippen LogP contribution in [0.25, 0.3) is 0 Å². The Morgan fingerprint density at radius 1 is 1.30 bits per heavy atom. The van der Waals surface area contributed by atoms with E-state index >= 15 is 0 Å². The molecule has 0 radical (unpaired) electrons. The van der Waals surface area contributed by atoms with Crippen LogP contribution >= 0.6 is 11.8 Å². The van der Waals surface area contributed by atoms with Gasteiger partial charge in [0.1, 0.15) is 6.33 Å². The van der Waals surface area contributed by atoms with Crippen LogP contribution in [-0.2, 0) is 0 Å². The summed E-state index contributed by atoms with van der Waals surface area (Å²) in [7, 11) is 0. The molecule has 0 amide bonds. The fourth-order valence-electron chi connectivity index (χ4n) is 2.70. The number of H-pyrrole nitrogens is 1. The highest BCUT2D eigenvalue weighted by Crippen LogP contribution is 2.29. The normalized spacial score (nSPS) is 22.1. The van der Waals surface area contributed by atoms with Crippen LogP contribution in [0, 0.1) is 5.92 Å². The lowest BCUT2D eigenvalue weighted by Gasteiger charge is -2.20. The minimum absolute atomic E-state index is 0.521. The van der Waals surface area contributed by atoms with E-state index in [1.54, 1.807) is 11.8 Å². The monoisotopic (exact) mass is 289 g/mol. The maximum Gasteiger partial charge on any atom is 0.188 e. The van der Waals surface area contributed by atoms with Gasteiger partial charge in [0.05, 0.1) is 0 Å². The van der Waals surface area contributed by atoms with E-state index in [-0.39, 0.29) is 0 Å². The molecular formula is C14H19N5S. The van der Waals surface area contributed by atoms with Gasteiger partial charge in [-0.2, -0.15) is 5.10 Å². The summed E-state index contributed by atoms with van der Waals surface area (Å²) in [6.07, 6.45) is 5.26. The van der Waals surface area contributed by atoms with Gasteiger partial charge in [-0.1, -0.05) is 18.2 Å². The van der Waals surface area contributed by atoms with Gasteiger partial charge in [0.2, 0.25) is 0 Å². The first kappa shape index (κ1) is 13.5. The van der Waals surface area contributed by atoms with Gasteiger partial charge in [-0.15, -0.1) is 0 Å². The molecule has 0 saturated heterocycles. The molecule has 1 aliphatic carbocycles. The molecule has 20 heavy (non-hydrogen) atoms. The number of benzene rings is 1. The Morgan fingerprint density at radius 3 is 2.85 bits per heavy atom. The van der Waals surface area contributed by atoms with E-state index in [1.165, 1.54) is 25.6 Å². The van der Waals surface area contributed by atoms with Gasteiger partial charge >= 0.3 is 0 Å². The Hall–Kier alpha value is -1.53. The SMILES string of the molecule is NCC1CCCC1Nc1ccc(Sc2ncn[nH]2)cc1. The van der Waals surface area contributed by atoms with Crippen molar-refractivity contribution < 1.29 is 0 Å². The smallest absolute Gasteiger partial charge is 0.188 e. The zero-order valence-corrected chi connectivity index (χ0v) is 12.1. The first-order valence-corrected chi connectivity index (χ1v) is 7.76. The molecule has 1 fully saturated rings. The van der Waals surface area contributed by atoms with Crippen molar-refractivity contribution in [3.63, 3.8) is 0 Å².